The minimum absolute atomic E-state index is 0.0429. The Kier molecular flexibility index (Phi) is 5.93. The average molecular weight is 347 g/mol. The minimum Gasteiger partial charge on any atom is -0.496 e. The third-order valence-corrected chi connectivity index (χ3v) is 4.14. The first-order valence-electron chi connectivity index (χ1n) is 8.72. The molecular weight excluding hydrogens is 318 g/mol. The molecule has 1 aromatic carbocycles. The highest BCUT2D eigenvalue weighted by molar-refractivity contribution is 5.97. The highest BCUT2D eigenvalue weighted by Crippen LogP contribution is 2.22. The second-order valence-corrected chi connectivity index (χ2v) is 7.52. The Bertz CT molecular complexity index is 637. The van der Waals surface area contributed by atoms with Crippen LogP contribution in [0.5, 0.6) is 5.75 Å². The van der Waals surface area contributed by atoms with Crippen molar-refractivity contribution in [2.24, 2.45) is 0 Å². The third-order valence-electron chi connectivity index (χ3n) is 4.14. The molecule has 2 rings (SSSR count). The Morgan fingerprint density at radius 1 is 1.08 bits per heavy atom. The number of aryl methyl sites for hydroxylation is 1. The van der Waals surface area contributed by atoms with Gasteiger partial charge in [-0.25, -0.2) is 4.79 Å². The number of urea groups is 1. The summed E-state index contributed by atoms with van der Waals surface area (Å²) in [4.78, 5) is 28.9. The summed E-state index contributed by atoms with van der Waals surface area (Å²) in [5.74, 6) is 0.542. The molecule has 6 heteroatoms. The molecular formula is C19H29N3O3. The van der Waals surface area contributed by atoms with Crippen LogP contribution in [0.25, 0.3) is 0 Å². The lowest BCUT2D eigenvalue weighted by molar-refractivity contribution is 0.0758. The number of hydrogen-bond acceptors (Lipinski definition) is 3. The molecule has 1 N–H and O–H groups in total. The maximum absolute atomic E-state index is 12.9. The minimum atomic E-state index is -0.270. The highest BCUT2D eigenvalue weighted by atomic mass is 16.5. The summed E-state index contributed by atoms with van der Waals surface area (Å²) in [6.45, 7) is 10.2. The van der Waals surface area contributed by atoms with E-state index in [0.29, 0.717) is 37.5 Å². The lowest BCUT2D eigenvalue weighted by Crippen LogP contribution is -2.49. The van der Waals surface area contributed by atoms with Gasteiger partial charge in [-0.15, -0.1) is 0 Å². The standard InChI is InChI=1S/C19H29N3O3/c1-14-7-8-16(25-5)15(13-14)17(23)21-9-6-10-22(12-11-21)18(24)20-19(2,3)4/h7-8,13H,6,9-12H2,1-5H3,(H,20,24). The van der Waals surface area contributed by atoms with Gasteiger partial charge in [-0.05, 0) is 46.2 Å². The molecule has 1 aromatic rings. The van der Waals surface area contributed by atoms with Crippen LogP contribution < -0.4 is 10.1 Å². The molecule has 3 amide bonds. The third kappa shape index (κ3) is 5.11. The molecule has 1 fully saturated rings. The molecule has 138 valence electrons. The monoisotopic (exact) mass is 347 g/mol. The van der Waals surface area contributed by atoms with Crippen LogP contribution in [-0.4, -0.2) is 60.6 Å². The van der Waals surface area contributed by atoms with Crippen molar-refractivity contribution in [3.8, 4) is 5.75 Å². The number of benzene rings is 1. The Balaban J connectivity index is 2.07. The molecule has 0 saturated carbocycles. The molecule has 1 heterocycles. The Morgan fingerprint density at radius 3 is 2.36 bits per heavy atom. The van der Waals surface area contributed by atoms with E-state index in [-0.39, 0.29) is 17.5 Å². The lowest BCUT2D eigenvalue weighted by atomic mass is 10.1. The highest BCUT2D eigenvalue weighted by Gasteiger charge is 2.26. The molecule has 0 spiro atoms. The van der Waals surface area contributed by atoms with E-state index < -0.39 is 0 Å². The smallest absolute Gasteiger partial charge is 0.317 e. The summed E-state index contributed by atoms with van der Waals surface area (Å²) in [6.07, 6.45) is 0.761. The van der Waals surface area contributed by atoms with Crippen LogP contribution in [0.1, 0.15) is 43.1 Å². The maximum Gasteiger partial charge on any atom is 0.317 e. The Hall–Kier alpha value is -2.24. The van der Waals surface area contributed by atoms with Crippen LogP contribution in [0, 0.1) is 6.92 Å². The van der Waals surface area contributed by atoms with E-state index in [1.165, 1.54) is 0 Å². The first-order chi connectivity index (χ1) is 11.7. The van der Waals surface area contributed by atoms with Gasteiger partial charge in [0.05, 0.1) is 12.7 Å². The van der Waals surface area contributed by atoms with Crippen LogP contribution in [0.15, 0.2) is 18.2 Å². The van der Waals surface area contributed by atoms with Gasteiger partial charge in [0.15, 0.2) is 0 Å². The van der Waals surface area contributed by atoms with E-state index in [2.05, 4.69) is 5.32 Å². The summed E-state index contributed by atoms with van der Waals surface area (Å²) in [7, 11) is 1.57. The SMILES string of the molecule is COc1ccc(C)cc1C(=O)N1CCCN(C(=O)NC(C)(C)C)CC1. The van der Waals surface area contributed by atoms with Crippen molar-refractivity contribution in [3.63, 3.8) is 0 Å². The first kappa shape index (κ1) is 19.1. The Labute approximate surface area is 150 Å². The quantitative estimate of drug-likeness (QED) is 0.895. The average Bonchev–Trinajstić information content (AvgIpc) is 2.78. The molecule has 25 heavy (non-hydrogen) atoms. The van der Waals surface area contributed by atoms with Gasteiger partial charge in [0.1, 0.15) is 5.75 Å². The van der Waals surface area contributed by atoms with Crippen molar-refractivity contribution in [3.05, 3.63) is 29.3 Å². The van der Waals surface area contributed by atoms with Gasteiger partial charge in [0.2, 0.25) is 0 Å². The lowest BCUT2D eigenvalue weighted by Gasteiger charge is -2.27. The molecule has 0 atom stereocenters. The number of amides is 3. The summed E-state index contributed by atoms with van der Waals surface area (Å²) in [5, 5.41) is 2.98. The zero-order valence-corrected chi connectivity index (χ0v) is 15.9. The summed E-state index contributed by atoms with van der Waals surface area (Å²) >= 11 is 0. The van der Waals surface area contributed by atoms with E-state index in [4.69, 9.17) is 4.74 Å². The zero-order chi connectivity index (χ0) is 18.6. The molecule has 0 aliphatic carbocycles. The molecule has 0 unspecified atom stereocenters. The number of methoxy groups -OCH3 is 1. The molecule has 1 aliphatic rings. The van der Waals surface area contributed by atoms with E-state index in [1.54, 1.807) is 12.0 Å². The van der Waals surface area contributed by atoms with E-state index in [9.17, 15) is 9.59 Å². The molecule has 6 nitrogen and oxygen atoms in total. The van der Waals surface area contributed by atoms with Crippen molar-refractivity contribution in [2.45, 2.75) is 39.7 Å². The van der Waals surface area contributed by atoms with Crippen molar-refractivity contribution in [2.75, 3.05) is 33.3 Å². The van der Waals surface area contributed by atoms with Gasteiger partial charge >= 0.3 is 6.03 Å². The van der Waals surface area contributed by atoms with Crippen LogP contribution >= 0.6 is 0 Å². The van der Waals surface area contributed by atoms with Crippen molar-refractivity contribution in [1.82, 2.24) is 15.1 Å². The number of carbonyl (C=O) groups excluding carboxylic acids is 2. The van der Waals surface area contributed by atoms with Crippen LogP contribution in [0.2, 0.25) is 0 Å². The van der Waals surface area contributed by atoms with Gasteiger partial charge in [-0.2, -0.15) is 0 Å². The molecule has 1 aliphatic heterocycles. The van der Waals surface area contributed by atoms with Gasteiger partial charge in [-0.3, -0.25) is 4.79 Å². The van der Waals surface area contributed by atoms with Gasteiger partial charge in [-0.1, -0.05) is 11.6 Å². The van der Waals surface area contributed by atoms with Crippen LogP contribution in [-0.2, 0) is 0 Å². The molecule has 0 aromatic heterocycles. The number of hydrogen-bond donors (Lipinski definition) is 1. The fourth-order valence-electron chi connectivity index (χ4n) is 2.88. The van der Waals surface area contributed by atoms with Crippen molar-refractivity contribution in [1.29, 1.82) is 0 Å². The second kappa shape index (κ2) is 7.76. The normalized spacial score (nSPS) is 15.6. The largest absolute Gasteiger partial charge is 0.496 e. The number of nitrogens with one attached hydrogen (secondary N) is 1. The fraction of sp³-hybridized carbons (Fsp3) is 0.579. The van der Waals surface area contributed by atoms with Crippen LogP contribution in [0.4, 0.5) is 4.79 Å². The van der Waals surface area contributed by atoms with E-state index in [0.717, 1.165) is 12.0 Å². The van der Waals surface area contributed by atoms with Gasteiger partial charge in [0, 0.05) is 31.7 Å². The summed E-state index contributed by atoms with van der Waals surface area (Å²) in [5.41, 5.74) is 1.33. The first-order valence-corrected chi connectivity index (χ1v) is 8.72. The maximum atomic E-state index is 12.9. The van der Waals surface area contributed by atoms with Gasteiger partial charge in [0.25, 0.3) is 5.91 Å². The van der Waals surface area contributed by atoms with E-state index in [1.807, 2.05) is 50.8 Å². The summed E-state index contributed by atoms with van der Waals surface area (Å²) in [6, 6.07) is 5.53. The van der Waals surface area contributed by atoms with Gasteiger partial charge < -0.3 is 19.9 Å². The van der Waals surface area contributed by atoms with Crippen LogP contribution in [0.3, 0.4) is 0 Å². The predicted octanol–water partition coefficient (Wildman–Crippen LogP) is 2.66. The van der Waals surface area contributed by atoms with Crippen molar-refractivity contribution < 1.29 is 14.3 Å². The molecule has 0 radical (unpaired) electrons. The zero-order valence-electron chi connectivity index (χ0n) is 15.9. The van der Waals surface area contributed by atoms with E-state index >= 15 is 0 Å². The predicted molar refractivity (Wildman–Crippen MR) is 98.1 cm³/mol. The fourth-order valence-corrected chi connectivity index (χ4v) is 2.88. The summed E-state index contributed by atoms with van der Waals surface area (Å²) < 4.78 is 5.34. The molecule has 1 saturated heterocycles. The number of rotatable bonds is 2. The number of ether oxygens (including phenoxy) is 1. The number of nitrogens with zero attached hydrogens (tertiary/aromatic N) is 2. The second-order valence-electron chi connectivity index (χ2n) is 7.52. The molecule has 0 bridgehead atoms. The Morgan fingerprint density at radius 2 is 1.72 bits per heavy atom. The topological polar surface area (TPSA) is 61.9 Å². The number of carbonyl (C=O) groups is 2. The van der Waals surface area contributed by atoms with Crippen molar-refractivity contribution >= 4 is 11.9 Å².